The molecule has 0 bridgehead atoms. The lowest BCUT2D eigenvalue weighted by molar-refractivity contribution is -0.387. The van der Waals surface area contributed by atoms with Gasteiger partial charge in [-0.2, -0.15) is 4.39 Å². The van der Waals surface area contributed by atoms with Crippen molar-refractivity contribution >= 4 is 11.7 Å². The summed E-state index contributed by atoms with van der Waals surface area (Å²) in [5, 5.41) is 10.5. The Morgan fingerprint density at radius 2 is 2.21 bits per heavy atom. The van der Waals surface area contributed by atoms with E-state index in [4.69, 9.17) is 0 Å². The average molecular weight is 265 g/mol. The van der Waals surface area contributed by atoms with Gasteiger partial charge in [-0.3, -0.25) is 14.9 Å². The number of aryl methyl sites for hydroxylation is 1. The molecule has 100 valence electrons. The fourth-order valence-corrected chi connectivity index (χ4v) is 1.36. The lowest BCUT2D eigenvalue weighted by Crippen LogP contribution is -2.01. The van der Waals surface area contributed by atoms with E-state index in [0.29, 0.717) is 11.1 Å². The van der Waals surface area contributed by atoms with Gasteiger partial charge in [0.15, 0.2) is 0 Å². The molecule has 1 aromatic rings. The Morgan fingerprint density at radius 3 is 2.79 bits per heavy atom. The zero-order valence-electron chi connectivity index (χ0n) is 10.5. The van der Waals surface area contributed by atoms with Crippen LogP contribution >= 0.6 is 0 Å². The topological polar surface area (TPSA) is 69.4 Å². The van der Waals surface area contributed by atoms with Crippen LogP contribution in [0.4, 0.5) is 10.1 Å². The van der Waals surface area contributed by atoms with Crippen molar-refractivity contribution in [2.24, 2.45) is 0 Å². The Balaban J connectivity index is 2.92. The summed E-state index contributed by atoms with van der Waals surface area (Å²) >= 11 is 0. The summed E-state index contributed by atoms with van der Waals surface area (Å²) in [7, 11) is 0. The van der Waals surface area contributed by atoms with E-state index in [0.717, 1.165) is 12.1 Å². The number of nitrogens with zero attached hydrogens (tertiary/aromatic N) is 1. The van der Waals surface area contributed by atoms with Crippen LogP contribution in [-0.2, 0) is 9.53 Å². The van der Waals surface area contributed by atoms with Crippen LogP contribution < -0.4 is 0 Å². The Kier molecular flexibility index (Phi) is 5.01. The number of nitro benzene ring substituents is 1. The number of nitro groups is 1. The van der Waals surface area contributed by atoms with Crippen LogP contribution in [-0.4, -0.2) is 17.5 Å². The number of esters is 1. The standard InChI is InChI=1S/C13H12FNO4/c1-3-19-13(16)6-4-5-10-8-11(14)12(15(17)18)7-9(10)2/h7-8H,3,6H2,1-2H3. The number of ether oxygens (including phenoxy) is 1. The molecule has 1 rings (SSSR count). The molecular formula is C13H12FNO4. The van der Waals surface area contributed by atoms with Crippen molar-refractivity contribution in [1.82, 2.24) is 0 Å². The first-order chi connectivity index (χ1) is 8.95. The van der Waals surface area contributed by atoms with Crippen LogP contribution in [0, 0.1) is 34.7 Å². The predicted molar refractivity (Wildman–Crippen MR) is 65.9 cm³/mol. The Hall–Kier alpha value is -2.42. The molecular weight excluding hydrogens is 253 g/mol. The summed E-state index contributed by atoms with van der Waals surface area (Å²) in [6.07, 6.45) is -0.105. The molecule has 5 nitrogen and oxygen atoms in total. The van der Waals surface area contributed by atoms with Crippen molar-refractivity contribution in [2.75, 3.05) is 6.61 Å². The minimum absolute atomic E-state index is 0.105. The Labute approximate surface area is 109 Å². The molecule has 0 atom stereocenters. The number of benzene rings is 1. The SMILES string of the molecule is CCOC(=O)CC#Cc1cc(F)c([N+](=O)[O-])cc1C. The summed E-state index contributed by atoms with van der Waals surface area (Å²) < 4.78 is 18.1. The average Bonchev–Trinajstić information content (AvgIpc) is 2.33. The quantitative estimate of drug-likeness (QED) is 0.364. The molecule has 0 spiro atoms. The van der Waals surface area contributed by atoms with E-state index in [1.54, 1.807) is 13.8 Å². The fourth-order valence-electron chi connectivity index (χ4n) is 1.36. The van der Waals surface area contributed by atoms with Gasteiger partial charge in [0.25, 0.3) is 0 Å². The number of hydrogen-bond donors (Lipinski definition) is 0. The Morgan fingerprint density at radius 1 is 1.53 bits per heavy atom. The summed E-state index contributed by atoms with van der Waals surface area (Å²) in [4.78, 5) is 20.8. The van der Waals surface area contributed by atoms with E-state index < -0.39 is 22.4 Å². The molecule has 6 heteroatoms. The van der Waals surface area contributed by atoms with Gasteiger partial charge in [-0.15, -0.1) is 0 Å². The molecule has 0 radical (unpaired) electrons. The van der Waals surface area contributed by atoms with Crippen molar-refractivity contribution in [3.63, 3.8) is 0 Å². The monoisotopic (exact) mass is 265 g/mol. The maximum atomic E-state index is 13.4. The summed E-state index contributed by atoms with van der Waals surface area (Å²) in [5.41, 5.74) is 0.199. The summed E-state index contributed by atoms with van der Waals surface area (Å²) in [5.74, 6) is 3.73. The lowest BCUT2D eigenvalue weighted by atomic mass is 10.1. The normalized spacial score (nSPS) is 9.42. The minimum atomic E-state index is -0.948. The van der Waals surface area contributed by atoms with Crippen molar-refractivity contribution in [3.8, 4) is 11.8 Å². The van der Waals surface area contributed by atoms with Crippen LogP contribution in [0.1, 0.15) is 24.5 Å². The highest BCUT2D eigenvalue weighted by Crippen LogP contribution is 2.21. The zero-order valence-corrected chi connectivity index (χ0v) is 10.5. The number of rotatable bonds is 3. The largest absolute Gasteiger partial charge is 0.465 e. The molecule has 0 saturated heterocycles. The maximum Gasteiger partial charge on any atom is 0.317 e. The molecule has 0 unspecified atom stereocenters. The third-order valence-corrected chi connectivity index (χ3v) is 2.25. The van der Waals surface area contributed by atoms with Crippen LogP contribution in [0.25, 0.3) is 0 Å². The third-order valence-electron chi connectivity index (χ3n) is 2.25. The van der Waals surface area contributed by atoms with Crippen molar-refractivity contribution in [2.45, 2.75) is 20.3 Å². The van der Waals surface area contributed by atoms with Gasteiger partial charge in [0.05, 0.1) is 11.5 Å². The molecule has 0 saturated carbocycles. The van der Waals surface area contributed by atoms with Crippen LogP contribution in [0.15, 0.2) is 12.1 Å². The molecule has 0 aliphatic heterocycles. The van der Waals surface area contributed by atoms with E-state index >= 15 is 0 Å². The second kappa shape index (κ2) is 6.50. The molecule has 0 heterocycles. The van der Waals surface area contributed by atoms with Crippen molar-refractivity contribution < 1.29 is 18.8 Å². The van der Waals surface area contributed by atoms with Gasteiger partial charge in [0, 0.05) is 11.6 Å². The van der Waals surface area contributed by atoms with Gasteiger partial charge in [0.2, 0.25) is 5.82 Å². The number of carbonyl (C=O) groups is 1. The fraction of sp³-hybridized carbons (Fsp3) is 0.308. The van der Waals surface area contributed by atoms with Gasteiger partial charge in [-0.05, 0) is 25.5 Å². The van der Waals surface area contributed by atoms with E-state index in [1.165, 1.54) is 0 Å². The van der Waals surface area contributed by atoms with Crippen molar-refractivity contribution in [1.29, 1.82) is 0 Å². The number of halogens is 1. The molecule has 1 aromatic carbocycles. The molecule has 0 amide bonds. The van der Waals surface area contributed by atoms with E-state index in [-0.39, 0.29) is 13.0 Å². The first-order valence-electron chi connectivity index (χ1n) is 5.54. The third kappa shape index (κ3) is 4.07. The minimum Gasteiger partial charge on any atom is -0.465 e. The van der Waals surface area contributed by atoms with Crippen LogP contribution in [0.3, 0.4) is 0 Å². The molecule has 0 aliphatic rings. The number of hydrogen-bond acceptors (Lipinski definition) is 4. The molecule has 19 heavy (non-hydrogen) atoms. The molecule has 0 aliphatic carbocycles. The highest BCUT2D eigenvalue weighted by Gasteiger charge is 2.15. The Bertz CT molecular complexity index is 572. The zero-order chi connectivity index (χ0) is 14.4. The molecule has 0 fully saturated rings. The summed E-state index contributed by atoms with van der Waals surface area (Å²) in [6.45, 7) is 3.54. The predicted octanol–water partition coefficient (Wildman–Crippen LogP) is 2.35. The highest BCUT2D eigenvalue weighted by atomic mass is 19.1. The highest BCUT2D eigenvalue weighted by molar-refractivity contribution is 5.72. The van der Waals surface area contributed by atoms with E-state index in [2.05, 4.69) is 16.6 Å². The van der Waals surface area contributed by atoms with E-state index in [1.807, 2.05) is 0 Å². The van der Waals surface area contributed by atoms with E-state index in [9.17, 15) is 19.3 Å². The van der Waals surface area contributed by atoms with Crippen LogP contribution in [0.5, 0.6) is 0 Å². The molecule has 0 N–H and O–H groups in total. The molecule has 0 aromatic heterocycles. The second-order valence-electron chi connectivity index (χ2n) is 3.66. The second-order valence-corrected chi connectivity index (χ2v) is 3.66. The maximum absolute atomic E-state index is 13.4. The number of carbonyl (C=O) groups excluding carboxylic acids is 1. The van der Waals surface area contributed by atoms with Gasteiger partial charge < -0.3 is 4.74 Å². The lowest BCUT2D eigenvalue weighted by Gasteiger charge is -2.00. The van der Waals surface area contributed by atoms with Crippen molar-refractivity contribution in [3.05, 3.63) is 39.2 Å². The van der Waals surface area contributed by atoms with Gasteiger partial charge in [-0.25, -0.2) is 0 Å². The first kappa shape index (κ1) is 14.6. The van der Waals surface area contributed by atoms with Gasteiger partial charge in [0.1, 0.15) is 6.42 Å². The first-order valence-corrected chi connectivity index (χ1v) is 5.54. The van der Waals surface area contributed by atoms with Gasteiger partial charge >= 0.3 is 11.7 Å². The smallest absolute Gasteiger partial charge is 0.317 e. The summed E-state index contributed by atoms with van der Waals surface area (Å²) in [6, 6.07) is 2.11. The van der Waals surface area contributed by atoms with Crippen LogP contribution in [0.2, 0.25) is 0 Å². The van der Waals surface area contributed by atoms with Gasteiger partial charge in [-0.1, -0.05) is 11.8 Å².